The highest BCUT2D eigenvalue weighted by atomic mass is 32.1. The number of rotatable bonds is 0. The lowest BCUT2D eigenvalue weighted by Gasteiger charge is -1.70. The number of aromatic nitrogens is 1. The van der Waals surface area contributed by atoms with Crippen LogP contribution in [0.1, 0.15) is 0 Å². The molecule has 0 spiro atoms. The van der Waals surface area contributed by atoms with Crippen molar-refractivity contribution >= 4 is 34.8 Å². The number of pyridine rings is 1. The molecule has 0 radical (unpaired) electrons. The summed E-state index contributed by atoms with van der Waals surface area (Å²) in [5.41, 5.74) is 0. The third kappa shape index (κ3) is 23.3. The fraction of sp³-hybridized carbons (Fsp3) is 0. The molecule has 0 bridgehead atoms. The Bertz CT molecular complexity index is 197. The van der Waals surface area contributed by atoms with Crippen molar-refractivity contribution in [3.8, 4) is 0 Å². The first-order chi connectivity index (χ1) is 5.83. The van der Waals surface area contributed by atoms with E-state index in [1.54, 1.807) is 22.7 Å². The largest absolute Gasteiger partial charge is 0.265 e. The summed E-state index contributed by atoms with van der Waals surface area (Å²) in [5, 5.41) is 14.7. The first-order valence-electron chi connectivity index (χ1n) is 2.76. The van der Waals surface area contributed by atoms with Gasteiger partial charge in [-0.1, -0.05) is 6.07 Å². The molecule has 1 aromatic rings. The van der Waals surface area contributed by atoms with Gasteiger partial charge in [0.2, 0.25) is 0 Å². The first kappa shape index (κ1) is 13.3. The summed E-state index contributed by atoms with van der Waals surface area (Å²) in [6.07, 6.45) is 3.50. The Morgan fingerprint density at radius 3 is 1.33 bits per heavy atom. The Hall–Kier alpha value is -1.25. The molecular weight excluding hydrogens is 190 g/mol. The highest BCUT2D eigenvalue weighted by Gasteiger charge is 1.58. The Labute approximate surface area is 81.5 Å². The van der Waals surface area contributed by atoms with Crippen LogP contribution in [0.2, 0.25) is 0 Å². The lowest BCUT2D eigenvalue weighted by Crippen LogP contribution is -1.58. The average Bonchev–Trinajstić information content (AvgIpc) is 2.10. The van der Waals surface area contributed by atoms with E-state index in [0.29, 0.717) is 0 Å². The van der Waals surface area contributed by atoms with Crippen LogP contribution in [0.15, 0.2) is 30.6 Å². The predicted molar refractivity (Wildman–Crippen MR) is 54.9 cm³/mol. The van der Waals surface area contributed by atoms with Crippen molar-refractivity contribution in [2.45, 2.75) is 0 Å². The smallest absolute Gasteiger partial charge is 0.0554 e. The topological polar surface area (TPSA) is 60.6 Å². The van der Waals surface area contributed by atoms with Crippen molar-refractivity contribution in [1.82, 2.24) is 4.98 Å². The van der Waals surface area contributed by atoms with Gasteiger partial charge in [0.15, 0.2) is 0 Å². The van der Waals surface area contributed by atoms with Gasteiger partial charge in [0.05, 0.1) is 10.3 Å². The van der Waals surface area contributed by atoms with E-state index in [2.05, 4.69) is 29.4 Å². The van der Waals surface area contributed by atoms with Crippen LogP contribution in [0.5, 0.6) is 0 Å². The normalized spacial score (nSPS) is 5.33. The Balaban J connectivity index is 0. The van der Waals surface area contributed by atoms with Gasteiger partial charge in [0, 0.05) is 12.4 Å². The zero-order valence-electron chi connectivity index (χ0n) is 6.15. The number of isothiocyanates is 2. The number of thiocarbonyl (C=S) groups is 2. The molecule has 0 aromatic carbocycles. The lowest BCUT2D eigenvalue weighted by molar-refractivity contribution is 1.33. The Morgan fingerprint density at radius 1 is 0.917 bits per heavy atom. The monoisotopic (exact) mass is 197 g/mol. The molecule has 0 aliphatic heterocycles. The third-order valence-electron chi connectivity index (χ3n) is 0.566. The molecular formula is C7H7N3S2. The maximum atomic E-state index is 5.77. The number of nitrogens with one attached hydrogen (secondary N) is 2. The van der Waals surface area contributed by atoms with Crippen LogP contribution in [0.3, 0.4) is 0 Å². The highest BCUT2D eigenvalue weighted by Crippen LogP contribution is 1.73. The molecule has 0 aliphatic carbocycles. The standard InChI is InChI=1S/C5H5N.2CHNS/c1-2-4-6-5-3-1;2*2-1-3/h1-5H;2*2H. The molecule has 0 fully saturated rings. The van der Waals surface area contributed by atoms with Gasteiger partial charge in [-0.25, -0.2) is 10.8 Å². The van der Waals surface area contributed by atoms with Crippen molar-refractivity contribution in [1.29, 1.82) is 10.8 Å². The van der Waals surface area contributed by atoms with Crippen LogP contribution in [0.25, 0.3) is 0 Å². The molecule has 1 aromatic heterocycles. The molecule has 5 heteroatoms. The van der Waals surface area contributed by atoms with E-state index in [-0.39, 0.29) is 0 Å². The Kier molecular flexibility index (Phi) is 18.2. The van der Waals surface area contributed by atoms with E-state index in [1.165, 1.54) is 0 Å². The van der Waals surface area contributed by atoms with Crippen LogP contribution in [-0.2, 0) is 0 Å². The van der Waals surface area contributed by atoms with Crippen LogP contribution < -0.4 is 0 Å². The highest BCUT2D eigenvalue weighted by molar-refractivity contribution is 7.78. The molecule has 0 atom stereocenters. The lowest BCUT2D eigenvalue weighted by atomic mass is 10.5. The van der Waals surface area contributed by atoms with Gasteiger partial charge in [-0.15, -0.1) is 0 Å². The van der Waals surface area contributed by atoms with E-state index in [9.17, 15) is 0 Å². The minimum atomic E-state index is 1.58. The van der Waals surface area contributed by atoms with Gasteiger partial charge < -0.3 is 0 Å². The second-order valence-corrected chi connectivity index (χ2v) is 1.64. The Morgan fingerprint density at radius 2 is 1.25 bits per heavy atom. The van der Waals surface area contributed by atoms with Gasteiger partial charge in [0.1, 0.15) is 0 Å². The quantitative estimate of drug-likeness (QED) is 0.496. The maximum absolute atomic E-state index is 5.77. The summed E-state index contributed by atoms with van der Waals surface area (Å²) in [4.78, 5) is 3.78. The van der Waals surface area contributed by atoms with Crippen molar-refractivity contribution in [3.05, 3.63) is 30.6 Å². The SMILES string of the molecule is N=C=S.N=C=S.c1ccncc1. The summed E-state index contributed by atoms with van der Waals surface area (Å²) in [7, 11) is 0. The molecule has 1 rings (SSSR count). The molecule has 12 heavy (non-hydrogen) atoms. The van der Waals surface area contributed by atoms with E-state index >= 15 is 0 Å². The molecule has 3 nitrogen and oxygen atoms in total. The van der Waals surface area contributed by atoms with Crippen molar-refractivity contribution in [3.63, 3.8) is 0 Å². The predicted octanol–water partition coefficient (Wildman–Crippen LogP) is 2.42. The van der Waals surface area contributed by atoms with Gasteiger partial charge in [-0.05, 0) is 36.6 Å². The summed E-state index contributed by atoms with van der Waals surface area (Å²) in [5.74, 6) is 0. The molecule has 0 saturated heterocycles. The molecule has 62 valence electrons. The van der Waals surface area contributed by atoms with E-state index in [1.807, 2.05) is 18.2 Å². The van der Waals surface area contributed by atoms with E-state index in [4.69, 9.17) is 10.8 Å². The molecule has 0 unspecified atom stereocenters. The fourth-order valence-electron chi connectivity index (χ4n) is 0.313. The van der Waals surface area contributed by atoms with Crippen LogP contribution >= 0.6 is 24.4 Å². The first-order valence-corrected chi connectivity index (χ1v) is 3.57. The number of hydrogen-bond acceptors (Lipinski definition) is 5. The van der Waals surface area contributed by atoms with Gasteiger partial charge >= 0.3 is 0 Å². The minimum absolute atomic E-state index is 1.58. The van der Waals surface area contributed by atoms with E-state index in [0.717, 1.165) is 0 Å². The molecule has 0 saturated carbocycles. The van der Waals surface area contributed by atoms with Crippen molar-refractivity contribution in [2.75, 3.05) is 0 Å². The fourth-order valence-corrected chi connectivity index (χ4v) is 0.313. The zero-order valence-corrected chi connectivity index (χ0v) is 7.78. The van der Waals surface area contributed by atoms with Gasteiger partial charge in [-0.3, -0.25) is 4.98 Å². The number of nitrogens with zero attached hydrogens (tertiary/aromatic N) is 1. The average molecular weight is 197 g/mol. The van der Waals surface area contributed by atoms with Gasteiger partial charge in [-0.2, -0.15) is 0 Å². The number of hydrogen-bond donors (Lipinski definition) is 2. The third-order valence-corrected chi connectivity index (χ3v) is 0.566. The zero-order chi connectivity index (χ0) is 9.66. The molecule has 0 aliphatic rings. The summed E-state index contributed by atoms with van der Waals surface area (Å²) in [6.45, 7) is 0. The molecule has 1 heterocycles. The second-order valence-electron chi connectivity index (χ2n) is 1.23. The van der Waals surface area contributed by atoms with Gasteiger partial charge in [0.25, 0.3) is 0 Å². The van der Waals surface area contributed by atoms with Crippen molar-refractivity contribution in [2.24, 2.45) is 0 Å². The summed E-state index contributed by atoms with van der Waals surface area (Å²) in [6, 6.07) is 5.72. The minimum Gasteiger partial charge on any atom is -0.265 e. The van der Waals surface area contributed by atoms with E-state index < -0.39 is 0 Å². The van der Waals surface area contributed by atoms with Crippen molar-refractivity contribution < 1.29 is 0 Å². The maximum Gasteiger partial charge on any atom is 0.0554 e. The summed E-state index contributed by atoms with van der Waals surface area (Å²) >= 11 is 7.62. The van der Waals surface area contributed by atoms with Crippen LogP contribution in [0, 0.1) is 10.8 Å². The molecule has 0 amide bonds. The molecule has 2 N–H and O–H groups in total. The second kappa shape index (κ2) is 16.4. The van der Waals surface area contributed by atoms with Crippen LogP contribution in [-0.4, -0.2) is 15.3 Å². The van der Waals surface area contributed by atoms with Crippen LogP contribution in [0.4, 0.5) is 0 Å². The summed E-state index contributed by atoms with van der Waals surface area (Å²) < 4.78 is 0.